The van der Waals surface area contributed by atoms with Crippen LogP contribution in [0.3, 0.4) is 0 Å². The first-order valence-corrected chi connectivity index (χ1v) is 6.66. The van der Waals surface area contributed by atoms with Crippen molar-refractivity contribution in [2.75, 3.05) is 0 Å². The summed E-state index contributed by atoms with van der Waals surface area (Å²) in [6.07, 6.45) is 2.00. The number of phenolic OH excluding ortho intramolecular Hbond substituents is 1. The second-order valence-electron chi connectivity index (χ2n) is 5.39. The molecule has 1 aliphatic carbocycles. The van der Waals surface area contributed by atoms with Crippen molar-refractivity contribution in [3.05, 3.63) is 47.7 Å². The summed E-state index contributed by atoms with van der Waals surface area (Å²) in [4.78, 5) is 22.2. The van der Waals surface area contributed by atoms with Crippen molar-refractivity contribution in [2.45, 2.75) is 19.3 Å². The Bertz CT molecular complexity index is 655. The number of hydrogen-bond acceptors (Lipinski definition) is 4. The molecule has 116 valence electrons. The van der Waals surface area contributed by atoms with Crippen LogP contribution in [0, 0.1) is 5.41 Å². The Labute approximate surface area is 126 Å². The lowest BCUT2D eigenvalue weighted by Crippen LogP contribution is -2.28. The monoisotopic (exact) mass is 304 g/mol. The lowest BCUT2D eigenvalue weighted by Gasteiger charge is -2.32. The van der Waals surface area contributed by atoms with Crippen LogP contribution < -0.4 is 0 Å². The van der Waals surface area contributed by atoms with E-state index < -0.39 is 17.4 Å². The number of para-hydroxylation sites is 1. The van der Waals surface area contributed by atoms with Gasteiger partial charge in [0.25, 0.3) is 0 Å². The number of aliphatic carboxylic acids is 2. The summed E-state index contributed by atoms with van der Waals surface area (Å²) in [6.45, 7) is 0. The van der Waals surface area contributed by atoms with E-state index in [9.17, 15) is 19.8 Å². The molecule has 1 aliphatic rings. The molecule has 0 radical (unpaired) electrons. The molecule has 1 aromatic rings. The van der Waals surface area contributed by atoms with Gasteiger partial charge in [0.2, 0.25) is 0 Å². The number of aliphatic hydroxyl groups is 1. The third-order valence-electron chi connectivity index (χ3n) is 3.67. The Kier molecular flexibility index (Phi) is 4.21. The quantitative estimate of drug-likeness (QED) is 0.664. The van der Waals surface area contributed by atoms with Gasteiger partial charge in [-0.2, -0.15) is 0 Å². The van der Waals surface area contributed by atoms with Gasteiger partial charge in [-0.05, 0) is 18.6 Å². The van der Waals surface area contributed by atoms with Crippen LogP contribution in [0.25, 0.3) is 5.57 Å². The van der Waals surface area contributed by atoms with Crippen molar-refractivity contribution in [2.24, 2.45) is 5.41 Å². The molecule has 0 atom stereocenters. The Balaban J connectivity index is 2.44. The summed E-state index contributed by atoms with van der Waals surface area (Å²) < 4.78 is 0. The van der Waals surface area contributed by atoms with Crippen molar-refractivity contribution in [3.63, 3.8) is 0 Å². The van der Waals surface area contributed by atoms with Crippen molar-refractivity contribution < 1.29 is 30.0 Å². The van der Waals surface area contributed by atoms with Crippen molar-refractivity contribution in [1.82, 2.24) is 0 Å². The van der Waals surface area contributed by atoms with Crippen LogP contribution in [-0.2, 0) is 9.59 Å². The van der Waals surface area contributed by atoms with Gasteiger partial charge >= 0.3 is 11.9 Å². The molecule has 0 fully saturated rings. The van der Waals surface area contributed by atoms with E-state index in [-0.39, 0.29) is 30.8 Å². The smallest absolute Gasteiger partial charge is 0.304 e. The first-order chi connectivity index (χ1) is 10.3. The van der Waals surface area contributed by atoms with Gasteiger partial charge in [-0.3, -0.25) is 9.59 Å². The van der Waals surface area contributed by atoms with E-state index in [1.807, 2.05) is 0 Å². The van der Waals surface area contributed by atoms with E-state index in [0.717, 1.165) is 0 Å². The van der Waals surface area contributed by atoms with E-state index >= 15 is 0 Å². The maximum absolute atomic E-state index is 11.1. The molecule has 0 amide bonds. The average Bonchev–Trinajstić information content (AvgIpc) is 2.41. The highest BCUT2D eigenvalue weighted by molar-refractivity contribution is 5.79. The number of benzene rings is 1. The molecule has 4 N–H and O–H groups in total. The summed E-state index contributed by atoms with van der Waals surface area (Å²) >= 11 is 0. The first kappa shape index (κ1) is 15.6. The maximum atomic E-state index is 11.1. The molecular formula is C16H16O6. The molecule has 0 spiro atoms. The number of carboxylic acids is 2. The summed E-state index contributed by atoms with van der Waals surface area (Å²) in [7, 11) is 0. The molecule has 22 heavy (non-hydrogen) atoms. The first-order valence-electron chi connectivity index (χ1n) is 6.66. The van der Waals surface area contributed by atoms with Gasteiger partial charge in [0.15, 0.2) is 0 Å². The van der Waals surface area contributed by atoms with E-state index in [1.54, 1.807) is 18.2 Å². The van der Waals surface area contributed by atoms with Crippen LogP contribution >= 0.6 is 0 Å². The van der Waals surface area contributed by atoms with E-state index in [0.29, 0.717) is 11.1 Å². The molecule has 1 aromatic carbocycles. The molecule has 0 unspecified atom stereocenters. The minimum atomic E-state index is -1.14. The van der Waals surface area contributed by atoms with Gasteiger partial charge in [-0.25, -0.2) is 0 Å². The van der Waals surface area contributed by atoms with Gasteiger partial charge in [0.05, 0.1) is 12.8 Å². The fourth-order valence-electron chi connectivity index (χ4n) is 2.73. The van der Waals surface area contributed by atoms with Gasteiger partial charge in [-0.15, -0.1) is 0 Å². The molecule has 0 heterocycles. The highest BCUT2D eigenvalue weighted by Gasteiger charge is 2.37. The summed E-state index contributed by atoms with van der Waals surface area (Å²) in [5.74, 6) is -2.40. The van der Waals surface area contributed by atoms with Crippen LogP contribution in [0.15, 0.2) is 42.2 Å². The molecular weight excluding hydrogens is 288 g/mol. The average molecular weight is 304 g/mol. The summed E-state index contributed by atoms with van der Waals surface area (Å²) in [5.41, 5.74) is -0.436. The minimum absolute atomic E-state index is 0.0194. The van der Waals surface area contributed by atoms with Crippen LogP contribution in [0.5, 0.6) is 5.75 Å². The number of aliphatic hydroxyl groups excluding tert-OH is 1. The molecule has 0 saturated carbocycles. The summed E-state index contributed by atoms with van der Waals surface area (Å²) in [5, 5.41) is 38.1. The van der Waals surface area contributed by atoms with Crippen LogP contribution in [0.2, 0.25) is 0 Å². The Hall–Kier alpha value is -2.76. The largest absolute Gasteiger partial charge is 0.508 e. The molecule has 6 heteroatoms. The van der Waals surface area contributed by atoms with Gasteiger partial charge in [0.1, 0.15) is 11.5 Å². The topological polar surface area (TPSA) is 115 Å². The lowest BCUT2D eigenvalue weighted by molar-refractivity contribution is -0.142. The SMILES string of the molecule is O=C(O)CC1(CC(=O)O)C=CC(O)=C(c2ccccc2O)C1. The third kappa shape index (κ3) is 3.28. The molecule has 0 saturated heterocycles. The maximum Gasteiger partial charge on any atom is 0.304 e. The number of rotatable bonds is 5. The Morgan fingerprint density at radius 1 is 1.05 bits per heavy atom. The number of allylic oxidation sites excluding steroid dienone is 3. The van der Waals surface area contributed by atoms with E-state index in [1.165, 1.54) is 18.2 Å². The fourth-order valence-corrected chi connectivity index (χ4v) is 2.73. The molecule has 0 aromatic heterocycles. The second kappa shape index (κ2) is 5.93. The molecule has 2 rings (SSSR count). The minimum Gasteiger partial charge on any atom is -0.508 e. The van der Waals surface area contributed by atoms with Gasteiger partial charge < -0.3 is 20.4 Å². The van der Waals surface area contributed by atoms with Gasteiger partial charge in [0, 0.05) is 16.6 Å². The lowest BCUT2D eigenvalue weighted by atomic mass is 9.71. The van der Waals surface area contributed by atoms with Crippen LogP contribution in [0.1, 0.15) is 24.8 Å². The molecule has 6 nitrogen and oxygen atoms in total. The third-order valence-corrected chi connectivity index (χ3v) is 3.67. The Morgan fingerprint density at radius 2 is 1.64 bits per heavy atom. The molecule has 0 bridgehead atoms. The van der Waals surface area contributed by atoms with Crippen LogP contribution in [-0.4, -0.2) is 32.4 Å². The Morgan fingerprint density at radius 3 is 2.18 bits per heavy atom. The second-order valence-corrected chi connectivity index (χ2v) is 5.39. The number of carboxylic acid groups (broad SMARTS) is 2. The number of aromatic hydroxyl groups is 1. The zero-order valence-electron chi connectivity index (χ0n) is 11.7. The highest BCUT2D eigenvalue weighted by atomic mass is 16.4. The normalized spacial score (nSPS) is 16.5. The van der Waals surface area contributed by atoms with E-state index in [2.05, 4.69) is 0 Å². The zero-order valence-corrected chi connectivity index (χ0v) is 11.7. The number of carbonyl (C=O) groups is 2. The highest BCUT2D eigenvalue weighted by Crippen LogP contribution is 2.45. The van der Waals surface area contributed by atoms with Crippen molar-refractivity contribution >= 4 is 17.5 Å². The van der Waals surface area contributed by atoms with E-state index in [4.69, 9.17) is 10.2 Å². The predicted molar refractivity (Wildman–Crippen MR) is 78.4 cm³/mol. The summed E-state index contributed by atoms with van der Waals surface area (Å²) in [6, 6.07) is 6.33. The van der Waals surface area contributed by atoms with Crippen LogP contribution in [0.4, 0.5) is 0 Å². The number of hydrogen-bond donors (Lipinski definition) is 4. The predicted octanol–water partition coefficient (Wildman–Crippen LogP) is 2.56. The fraction of sp³-hybridized carbons (Fsp3) is 0.250. The van der Waals surface area contributed by atoms with Crippen molar-refractivity contribution in [1.29, 1.82) is 0 Å². The van der Waals surface area contributed by atoms with Gasteiger partial charge in [-0.1, -0.05) is 24.3 Å². The van der Waals surface area contributed by atoms with Crippen molar-refractivity contribution in [3.8, 4) is 5.75 Å². The molecule has 0 aliphatic heterocycles. The standard InChI is InChI=1S/C16H16O6/c17-12-4-2-1-3-10(12)11-7-16(8-14(19)20,9-15(21)22)6-5-13(11)18/h1-6,17-18H,7-9H2,(H,19,20)(H,21,22). The number of phenols is 1. The zero-order chi connectivity index (χ0) is 16.3.